The summed E-state index contributed by atoms with van der Waals surface area (Å²) < 4.78 is 27.4. The Labute approximate surface area is 108 Å². The molecule has 3 heteroatoms. The zero-order chi connectivity index (χ0) is 13.0. The van der Waals surface area contributed by atoms with Crippen LogP contribution < -0.4 is 5.32 Å². The molecule has 100 valence electrons. The highest BCUT2D eigenvalue weighted by atomic mass is 19.1. The summed E-state index contributed by atoms with van der Waals surface area (Å²) in [5.74, 6) is -0.480. The molecule has 1 aromatic carbocycles. The summed E-state index contributed by atoms with van der Waals surface area (Å²) in [7, 11) is 1.95. The van der Waals surface area contributed by atoms with Crippen LogP contribution in [0.25, 0.3) is 0 Å². The lowest BCUT2D eigenvalue weighted by Crippen LogP contribution is -2.34. The van der Waals surface area contributed by atoms with Crippen LogP contribution in [0, 0.1) is 17.6 Å². The molecule has 18 heavy (non-hydrogen) atoms. The number of nitrogens with one attached hydrogen (secondary N) is 1. The fourth-order valence-corrected chi connectivity index (χ4v) is 3.00. The quantitative estimate of drug-likeness (QED) is 0.810. The van der Waals surface area contributed by atoms with Crippen molar-refractivity contribution in [3.63, 3.8) is 0 Å². The summed E-state index contributed by atoms with van der Waals surface area (Å²) >= 11 is 0. The molecule has 0 bridgehead atoms. The van der Waals surface area contributed by atoms with Gasteiger partial charge in [-0.1, -0.05) is 25.3 Å². The number of benzene rings is 1. The van der Waals surface area contributed by atoms with E-state index in [1.165, 1.54) is 37.5 Å². The molecule has 2 rings (SSSR count). The summed E-state index contributed by atoms with van der Waals surface area (Å²) in [6.07, 6.45) is 6.27. The van der Waals surface area contributed by atoms with Gasteiger partial charge in [-0.15, -0.1) is 0 Å². The van der Waals surface area contributed by atoms with Crippen molar-refractivity contribution in [3.8, 4) is 0 Å². The van der Waals surface area contributed by atoms with Crippen LogP contribution in [-0.4, -0.2) is 13.1 Å². The fourth-order valence-electron chi connectivity index (χ4n) is 3.00. The van der Waals surface area contributed by atoms with E-state index in [4.69, 9.17) is 0 Å². The third-order valence-electron chi connectivity index (χ3n) is 4.06. The molecule has 1 aliphatic carbocycles. The molecule has 2 atom stereocenters. The molecule has 0 radical (unpaired) electrons. The Morgan fingerprint density at radius 3 is 2.44 bits per heavy atom. The lowest BCUT2D eigenvalue weighted by Gasteiger charge is -2.25. The van der Waals surface area contributed by atoms with E-state index in [9.17, 15) is 8.78 Å². The molecule has 1 aromatic rings. The van der Waals surface area contributed by atoms with E-state index in [1.54, 1.807) is 0 Å². The first-order valence-electron chi connectivity index (χ1n) is 6.82. The second-order valence-electron chi connectivity index (χ2n) is 5.20. The predicted octanol–water partition coefficient (Wildman–Crippen LogP) is 3.68. The molecule has 1 aliphatic rings. The Bertz CT molecular complexity index is 372. The van der Waals surface area contributed by atoms with Crippen LogP contribution in [0.4, 0.5) is 8.78 Å². The molecule has 0 aliphatic heterocycles. The average molecular weight is 253 g/mol. The van der Waals surface area contributed by atoms with E-state index in [0.717, 1.165) is 12.8 Å². The molecule has 0 aromatic heterocycles. The first kappa shape index (κ1) is 13.5. The minimum absolute atomic E-state index is 0.254. The van der Waals surface area contributed by atoms with Crippen molar-refractivity contribution in [2.24, 2.45) is 5.92 Å². The molecule has 1 nitrogen and oxygen atoms in total. The van der Waals surface area contributed by atoms with Crippen LogP contribution in [0.3, 0.4) is 0 Å². The normalized spacial score (nSPS) is 24.8. The summed E-state index contributed by atoms with van der Waals surface area (Å²) in [5.41, 5.74) is 0.254. The van der Waals surface area contributed by atoms with Crippen molar-refractivity contribution in [2.45, 2.75) is 44.6 Å². The minimum atomic E-state index is -0.408. The van der Waals surface area contributed by atoms with Gasteiger partial charge in [-0.2, -0.15) is 0 Å². The third-order valence-corrected chi connectivity index (χ3v) is 4.06. The van der Waals surface area contributed by atoms with Crippen molar-refractivity contribution in [1.82, 2.24) is 5.32 Å². The summed E-state index contributed by atoms with van der Waals surface area (Å²) in [6.45, 7) is 0. The molecule has 1 saturated carbocycles. The average Bonchev–Trinajstić information content (AvgIpc) is 2.59. The van der Waals surface area contributed by atoms with Gasteiger partial charge in [-0.25, -0.2) is 8.78 Å². The number of rotatable bonds is 3. The van der Waals surface area contributed by atoms with Crippen LogP contribution >= 0.6 is 0 Å². The molecular formula is C15H21F2N. The maximum atomic E-state index is 13.7. The Morgan fingerprint density at radius 2 is 1.78 bits per heavy atom. The van der Waals surface area contributed by atoms with Gasteiger partial charge in [0.05, 0.1) is 0 Å². The van der Waals surface area contributed by atoms with Gasteiger partial charge in [0.15, 0.2) is 0 Å². The second kappa shape index (κ2) is 6.28. The zero-order valence-electron chi connectivity index (χ0n) is 10.9. The highest BCUT2D eigenvalue weighted by Gasteiger charge is 2.24. The van der Waals surface area contributed by atoms with E-state index in [-0.39, 0.29) is 5.56 Å². The summed E-state index contributed by atoms with van der Waals surface area (Å²) in [4.78, 5) is 0. The van der Waals surface area contributed by atoms with E-state index in [1.807, 2.05) is 7.05 Å². The van der Waals surface area contributed by atoms with Gasteiger partial charge in [-0.3, -0.25) is 0 Å². The SMILES string of the molecule is CNC1CCCCCC1Cc1c(F)cccc1F. The molecule has 1 N–H and O–H groups in total. The summed E-state index contributed by atoms with van der Waals surface area (Å²) in [5, 5.41) is 3.31. The molecule has 0 heterocycles. The van der Waals surface area contributed by atoms with Gasteiger partial charge in [0.25, 0.3) is 0 Å². The van der Waals surface area contributed by atoms with Crippen LogP contribution in [0.1, 0.15) is 37.7 Å². The summed E-state index contributed by atoms with van der Waals surface area (Å²) in [6, 6.07) is 4.51. The Kier molecular flexibility index (Phi) is 4.70. The standard InChI is InChI=1S/C15H21F2N/c1-18-15-9-4-2-3-6-11(15)10-12-13(16)7-5-8-14(12)17/h5,7-8,11,15,18H,2-4,6,9-10H2,1H3. The first-order chi connectivity index (χ1) is 8.72. The lowest BCUT2D eigenvalue weighted by molar-refractivity contribution is 0.342. The van der Waals surface area contributed by atoms with Crippen molar-refractivity contribution < 1.29 is 8.78 Å². The van der Waals surface area contributed by atoms with Crippen molar-refractivity contribution in [1.29, 1.82) is 0 Å². The van der Waals surface area contributed by atoms with Crippen LogP contribution in [0.15, 0.2) is 18.2 Å². The van der Waals surface area contributed by atoms with Gasteiger partial charge < -0.3 is 5.32 Å². The van der Waals surface area contributed by atoms with Crippen molar-refractivity contribution in [3.05, 3.63) is 35.4 Å². The number of hydrogen-bond acceptors (Lipinski definition) is 1. The van der Waals surface area contributed by atoms with Crippen LogP contribution in [-0.2, 0) is 6.42 Å². The van der Waals surface area contributed by atoms with Gasteiger partial charge >= 0.3 is 0 Å². The third kappa shape index (κ3) is 3.08. The molecule has 1 fully saturated rings. The maximum Gasteiger partial charge on any atom is 0.129 e. The zero-order valence-corrected chi connectivity index (χ0v) is 10.9. The Morgan fingerprint density at radius 1 is 1.11 bits per heavy atom. The van der Waals surface area contributed by atoms with Crippen molar-refractivity contribution >= 4 is 0 Å². The highest BCUT2D eigenvalue weighted by molar-refractivity contribution is 5.20. The Hall–Kier alpha value is -0.960. The van der Waals surface area contributed by atoms with Gasteiger partial charge in [0.2, 0.25) is 0 Å². The molecular weight excluding hydrogens is 232 g/mol. The smallest absolute Gasteiger partial charge is 0.129 e. The Balaban J connectivity index is 2.15. The van der Waals surface area contributed by atoms with Crippen LogP contribution in [0.2, 0.25) is 0 Å². The van der Waals surface area contributed by atoms with Gasteiger partial charge in [0.1, 0.15) is 11.6 Å². The van der Waals surface area contributed by atoms with E-state index in [0.29, 0.717) is 18.4 Å². The first-order valence-corrected chi connectivity index (χ1v) is 6.82. The predicted molar refractivity (Wildman–Crippen MR) is 69.5 cm³/mol. The van der Waals surface area contributed by atoms with Crippen LogP contribution in [0.5, 0.6) is 0 Å². The minimum Gasteiger partial charge on any atom is -0.317 e. The fraction of sp³-hybridized carbons (Fsp3) is 0.600. The maximum absolute atomic E-state index is 13.7. The monoisotopic (exact) mass is 253 g/mol. The molecule has 0 spiro atoms. The lowest BCUT2D eigenvalue weighted by atomic mass is 9.88. The second-order valence-corrected chi connectivity index (χ2v) is 5.20. The van der Waals surface area contributed by atoms with Gasteiger partial charge in [0, 0.05) is 11.6 Å². The number of hydrogen-bond donors (Lipinski definition) is 1. The van der Waals surface area contributed by atoms with E-state index >= 15 is 0 Å². The van der Waals surface area contributed by atoms with E-state index in [2.05, 4.69) is 5.32 Å². The largest absolute Gasteiger partial charge is 0.317 e. The highest BCUT2D eigenvalue weighted by Crippen LogP contribution is 2.28. The molecule has 0 saturated heterocycles. The molecule has 2 unspecified atom stereocenters. The van der Waals surface area contributed by atoms with Crippen molar-refractivity contribution in [2.75, 3.05) is 7.05 Å². The van der Waals surface area contributed by atoms with Gasteiger partial charge in [-0.05, 0) is 44.4 Å². The number of halogens is 2. The van der Waals surface area contributed by atoms with E-state index < -0.39 is 11.6 Å². The topological polar surface area (TPSA) is 12.0 Å². The molecule has 0 amide bonds.